The molecule has 0 aromatic carbocycles. The van der Waals surface area contributed by atoms with Gasteiger partial charge in [0.1, 0.15) is 0 Å². The minimum Gasteiger partial charge on any atom is -0.343 e. The molecule has 6 nitrogen and oxygen atoms in total. The third-order valence-electron chi connectivity index (χ3n) is 5.94. The van der Waals surface area contributed by atoms with Gasteiger partial charge in [-0.2, -0.15) is 0 Å². The van der Waals surface area contributed by atoms with Gasteiger partial charge in [-0.25, -0.2) is 4.79 Å². The zero-order valence-electron chi connectivity index (χ0n) is 17.2. The van der Waals surface area contributed by atoms with Crippen LogP contribution in [0.5, 0.6) is 0 Å². The van der Waals surface area contributed by atoms with Gasteiger partial charge in [0.15, 0.2) is 0 Å². The maximum Gasteiger partial charge on any atom is 0.315 e. The summed E-state index contributed by atoms with van der Waals surface area (Å²) in [5.41, 5.74) is 0. The molecule has 0 spiro atoms. The summed E-state index contributed by atoms with van der Waals surface area (Å²) in [5, 5.41) is 9.43. The van der Waals surface area contributed by atoms with Crippen LogP contribution in [0.15, 0.2) is 0 Å². The number of likely N-dealkylation sites (tertiary alicyclic amines) is 1. The lowest BCUT2D eigenvalue weighted by Crippen LogP contribution is -2.43. The lowest BCUT2D eigenvalue weighted by atomic mass is 9.96. The summed E-state index contributed by atoms with van der Waals surface area (Å²) in [4.78, 5) is 26.2. The zero-order valence-corrected chi connectivity index (χ0v) is 17.2. The van der Waals surface area contributed by atoms with Crippen LogP contribution >= 0.6 is 0 Å². The van der Waals surface area contributed by atoms with E-state index in [0.29, 0.717) is 24.9 Å². The van der Waals surface area contributed by atoms with Crippen LogP contribution in [0.25, 0.3) is 0 Å². The molecule has 0 atom stereocenters. The molecule has 27 heavy (non-hydrogen) atoms. The number of hydrogen-bond donors (Lipinski definition) is 3. The lowest BCUT2D eigenvalue weighted by molar-refractivity contribution is -0.132. The highest BCUT2D eigenvalue weighted by molar-refractivity contribution is 5.76. The van der Waals surface area contributed by atoms with Crippen molar-refractivity contribution in [1.29, 1.82) is 0 Å². The molecule has 3 amide bonds. The van der Waals surface area contributed by atoms with Gasteiger partial charge in [-0.3, -0.25) is 4.79 Å². The molecule has 1 aliphatic carbocycles. The van der Waals surface area contributed by atoms with Crippen molar-refractivity contribution in [2.45, 2.75) is 83.6 Å². The number of carbonyl (C=O) groups excluding carboxylic acids is 2. The van der Waals surface area contributed by atoms with Crippen molar-refractivity contribution in [3.05, 3.63) is 0 Å². The molecule has 1 saturated heterocycles. The molecule has 2 aliphatic rings. The molecule has 0 aromatic rings. The Morgan fingerprint density at radius 1 is 0.963 bits per heavy atom. The van der Waals surface area contributed by atoms with Crippen molar-refractivity contribution < 1.29 is 9.59 Å². The van der Waals surface area contributed by atoms with E-state index < -0.39 is 0 Å². The molecule has 1 saturated carbocycles. The van der Waals surface area contributed by atoms with Crippen LogP contribution in [0.2, 0.25) is 0 Å². The maximum atomic E-state index is 12.3. The van der Waals surface area contributed by atoms with Gasteiger partial charge in [-0.15, -0.1) is 0 Å². The van der Waals surface area contributed by atoms with Crippen LogP contribution in [-0.4, -0.2) is 55.6 Å². The van der Waals surface area contributed by atoms with E-state index in [4.69, 9.17) is 0 Å². The third-order valence-corrected chi connectivity index (χ3v) is 5.94. The molecular formula is C21H40N4O2. The Hall–Kier alpha value is -1.30. The van der Waals surface area contributed by atoms with Crippen LogP contribution in [0.1, 0.15) is 77.6 Å². The summed E-state index contributed by atoms with van der Waals surface area (Å²) >= 11 is 0. The quantitative estimate of drug-likeness (QED) is 0.510. The smallest absolute Gasteiger partial charge is 0.315 e. The van der Waals surface area contributed by atoms with Gasteiger partial charge in [0, 0.05) is 32.1 Å². The Bertz CT molecular complexity index is 430. The molecule has 3 N–H and O–H groups in total. The second kappa shape index (κ2) is 13.0. The summed E-state index contributed by atoms with van der Waals surface area (Å²) in [6.45, 7) is 6.77. The first-order chi connectivity index (χ1) is 13.2. The molecule has 2 rings (SSSR count). The Labute approximate surface area is 165 Å². The molecule has 1 aliphatic heterocycles. The van der Waals surface area contributed by atoms with Crippen LogP contribution in [0.3, 0.4) is 0 Å². The Morgan fingerprint density at radius 3 is 2.41 bits per heavy atom. The first kappa shape index (κ1) is 22.0. The predicted molar refractivity (Wildman–Crippen MR) is 110 cm³/mol. The van der Waals surface area contributed by atoms with Crippen LogP contribution in [0.4, 0.5) is 4.79 Å². The molecular weight excluding hydrogens is 340 g/mol. The van der Waals surface area contributed by atoms with Gasteiger partial charge in [0.05, 0.1) is 0 Å². The van der Waals surface area contributed by atoms with Crippen LogP contribution in [0, 0.1) is 5.92 Å². The summed E-state index contributed by atoms with van der Waals surface area (Å²) in [5.74, 6) is 1.03. The van der Waals surface area contributed by atoms with Crippen LogP contribution < -0.4 is 16.0 Å². The third kappa shape index (κ3) is 8.96. The lowest BCUT2D eigenvalue weighted by Gasteiger charge is -2.32. The summed E-state index contributed by atoms with van der Waals surface area (Å²) in [7, 11) is 0. The standard InChI is InChI=1S/C21H40N4O2/c1-2-22-17-18-12-15-25(16-13-18)20(26)11-7-4-8-14-23-21(27)24-19-9-5-3-6-10-19/h18-19,22H,2-17H2,1H3,(H2,23,24,27). The average Bonchev–Trinajstić information content (AvgIpc) is 2.70. The van der Waals surface area contributed by atoms with Crippen molar-refractivity contribution in [2.75, 3.05) is 32.7 Å². The second-order valence-corrected chi connectivity index (χ2v) is 8.18. The number of carbonyl (C=O) groups is 2. The summed E-state index contributed by atoms with van der Waals surface area (Å²) in [6, 6.07) is 0.330. The highest BCUT2D eigenvalue weighted by Crippen LogP contribution is 2.18. The fourth-order valence-corrected chi connectivity index (χ4v) is 4.16. The maximum absolute atomic E-state index is 12.3. The number of urea groups is 1. The number of hydrogen-bond acceptors (Lipinski definition) is 3. The van der Waals surface area contributed by atoms with Crippen molar-refractivity contribution in [2.24, 2.45) is 5.92 Å². The van der Waals surface area contributed by atoms with E-state index in [1.54, 1.807) is 0 Å². The topological polar surface area (TPSA) is 73.5 Å². The second-order valence-electron chi connectivity index (χ2n) is 8.18. The van der Waals surface area contributed by atoms with Crippen molar-refractivity contribution in [3.63, 3.8) is 0 Å². The fraction of sp³-hybridized carbons (Fsp3) is 0.905. The van der Waals surface area contributed by atoms with E-state index in [1.807, 2.05) is 4.90 Å². The molecule has 0 radical (unpaired) electrons. The van der Waals surface area contributed by atoms with E-state index >= 15 is 0 Å². The number of unbranched alkanes of at least 4 members (excludes halogenated alkanes) is 2. The largest absolute Gasteiger partial charge is 0.343 e. The number of nitrogens with zero attached hydrogens (tertiary/aromatic N) is 1. The van der Waals surface area contributed by atoms with Crippen molar-refractivity contribution in [1.82, 2.24) is 20.9 Å². The van der Waals surface area contributed by atoms with E-state index in [1.165, 1.54) is 19.3 Å². The van der Waals surface area contributed by atoms with Gasteiger partial charge in [-0.05, 0) is 57.5 Å². The van der Waals surface area contributed by atoms with E-state index in [2.05, 4.69) is 22.9 Å². The fourth-order valence-electron chi connectivity index (χ4n) is 4.16. The normalized spacial score (nSPS) is 19.1. The molecule has 0 aromatic heterocycles. The highest BCUT2D eigenvalue weighted by Gasteiger charge is 2.22. The first-order valence-corrected chi connectivity index (χ1v) is 11.2. The van der Waals surface area contributed by atoms with Gasteiger partial charge < -0.3 is 20.9 Å². The Morgan fingerprint density at radius 2 is 1.70 bits per heavy atom. The highest BCUT2D eigenvalue weighted by atomic mass is 16.2. The number of nitrogens with one attached hydrogen (secondary N) is 3. The first-order valence-electron chi connectivity index (χ1n) is 11.2. The van der Waals surface area contributed by atoms with E-state index in [0.717, 1.165) is 77.0 Å². The van der Waals surface area contributed by atoms with E-state index in [9.17, 15) is 9.59 Å². The van der Waals surface area contributed by atoms with Crippen molar-refractivity contribution >= 4 is 11.9 Å². The number of piperidine rings is 1. The van der Waals surface area contributed by atoms with Gasteiger partial charge in [0.25, 0.3) is 0 Å². The molecule has 6 heteroatoms. The number of rotatable bonds is 10. The average molecular weight is 381 g/mol. The molecule has 0 bridgehead atoms. The minimum atomic E-state index is -0.0292. The Balaban J connectivity index is 1.44. The van der Waals surface area contributed by atoms with Crippen molar-refractivity contribution in [3.8, 4) is 0 Å². The zero-order chi connectivity index (χ0) is 19.3. The SMILES string of the molecule is CCNCC1CCN(C(=O)CCCCCNC(=O)NC2CCCCC2)CC1. The molecule has 1 heterocycles. The molecule has 156 valence electrons. The predicted octanol–water partition coefficient (Wildman–Crippen LogP) is 3.03. The minimum absolute atomic E-state index is 0.0292. The van der Waals surface area contributed by atoms with Gasteiger partial charge in [0.2, 0.25) is 5.91 Å². The van der Waals surface area contributed by atoms with Gasteiger partial charge >= 0.3 is 6.03 Å². The Kier molecular flexibility index (Phi) is 10.6. The van der Waals surface area contributed by atoms with E-state index in [-0.39, 0.29) is 6.03 Å². The number of amides is 3. The monoisotopic (exact) mass is 380 g/mol. The van der Waals surface area contributed by atoms with Gasteiger partial charge in [-0.1, -0.05) is 32.6 Å². The summed E-state index contributed by atoms with van der Waals surface area (Å²) in [6.07, 6.45) is 11.7. The molecule has 2 fully saturated rings. The molecule has 0 unspecified atom stereocenters. The van der Waals surface area contributed by atoms with Crippen LogP contribution in [-0.2, 0) is 4.79 Å². The summed E-state index contributed by atoms with van der Waals surface area (Å²) < 4.78 is 0.